The van der Waals surface area contributed by atoms with Crippen molar-refractivity contribution in [3.8, 4) is 0 Å². The van der Waals surface area contributed by atoms with Crippen molar-refractivity contribution < 1.29 is 4.92 Å². The maximum Gasteiger partial charge on any atom is 0.269 e. The summed E-state index contributed by atoms with van der Waals surface area (Å²) >= 11 is 5.00. The van der Waals surface area contributed by atoms with Crippen LogP contribution in [0.3, 0.4) is 0 Å². The van der Waals surface area contributed by atoms with E-state index in [1.54, 1.807) is 18.2 Å². The largest absolute Gasteiger partial charge is 0.269 e. The Kier molecular flexibility index (Phi) is 6.01. The topological polar surface area (TPSA) is 43.1 Å². The highest BCUT2D eigenvalue weighted by Crippen LogP contribution is 2.06. The van der Waals surface area contributed by atoms with E-state index in [2.05, 4.69) is 0 Å². The van der Waals surface area contributed by atoms with Gasteiger partial charge in [-0.15, -0.1) is 11.6 Å². The van der Waals surface area contributed by atoms with Gasteiger partial charge in [0.25, 0.3) is 5.69 Å². The number of para-hydroxylation sites is 1. The number of benzene rings is 1. The fraction of sp³-hybridized carbons (Fsp3) is 0.250. The average molecular weight is 188 g/mol. The van der Waals surface area contributed by atoms with Crippen LogP contribution in [0.1, 0.15) is 6.92 Å². The van der Waals surface area contributed by atoms with Crippen molar-refractivity contribution in [1.29, 1.82) is 0 Å². The summed E-state index contributed by atoms with van der Waals surface area (Å²) in [5.74, 6) is 0.722. The minimum atomic E-state index is -0.417. The van der Waals surface area contributed by atoms with Crippen LogP contribution in [0, 0.1) is 10.1 Å². The molecule has 0 aliphatic rings. The molecule has 1 rings (SSSR count). The molecule has 0 saturated carbocycles. The van der Waals surface area contributed by atoms with E-state index in [1.807, 2.05) is 6.92 Å². The molecular formula is C8H10ClNO2. The Bertz CT molecular complexity index is 226. The van der Waals surface area contributed by atoms with E-state index in [4.69, 9.17) is 11.6 Å². The van der Waals surface area contributed by atoms with Gasteiger partial charge in [-0.2, -0.15) is 0 Å². The van der Waals surface area contributed by atoms with Gasteiger partial charge in [0.2, 0.25) is 0 Å². The highest BCUT2D eigenvalue weighted by molar-refractivity contribution is 6.17. The van der Waals surface area contributed by atoms with Crippen molar-refractivity contribution in [1.82, 2.24) is 0 Å². The summed E-state index contributed by atoms with van der Waals surface area (Å²) in [6.45, 7) is 1.89. The van der Waals surface area contributed by atoms with Crippen LogP contribution in [0.4, 0.5) is 5.69 Å². The summed E-state index contributed by atoms with van der Waals surface area (Å²) in [5.41, 5.74) is 0.137. The number of non-ortho nitro benzene ring substituents is 1. The minimum Gasteiger partial charge on any atom is -0.258 e. The van der Waals surface area contributed by atoms with Gasteiger partial charge in [-0.1, -0.05) is 25.1 Å². The molecular weight excluding hydrogens is 178 g/mol. The van der Waals surface area contributed by atoms with Crippen LogP contribution in [0.25, 0.3) is 0 Å². The minimum absolute atomic E-state index is 0.137. The van der Waals surface area contributed by atoms with Crippen molar-refractivity contribution in [2.45, 2.75) is 6.92 Å². The van der Waals surface area contributed by atoms with Crippen LogP contribution in [0.5, 0.6) is 0 Å². The second-order valence-corrected chi connectivity index (χ2v) is 2.39. The molecule has 0 unspecified atom stereocenters. The Morgan fingerprint density at radius 2 is 1.83 bits per heavy atom. The van der Waals surface area contributed by atoms with E-state index in [-0.39, 0.29) is 5.69 Å². The van der Waals surface area contributed by atoms with E-state index < -0.39 is 4.92 Å². The molecule has 0 aromatic heterocycles. The van der Waals surface area contributed by atoms with E-state index in [0.29, 0.717) is 0 Å². The lowest BCUT2D eigenvalue weighted by atomic mass is 10.3. The van der Waals surface area contributed by atoms with Crippen molar-refractivity contribution >= 4 is 17.3 Å². The Balaban J connectivity index is 0.000000354. The molecule has 0 aliphatic carbocycles. The smallest absolute Gasteiger partial charge is 0.258 e. The predicted octanol–water partition coefficient (Wildman–Crippen LogP) is 2.84. The quantitative estimate of drug-likeness (QED) is 0.386. The molecule has 0 fully saturated rings. The van der Waals surface area contributed by atoms with Crippen LogP contribution in [0.2, 0.25) is 0 Å². The molecule has 0 atom stereocenters. The maximum absolute atomic E-state index is 10.0. The lowest BCUT2D eigenvalue weighted by molar-refractivity contribution is -0.384. The highest BCUT2D eigenvalue weighted by Gasteiger charge is 1.98. The number of hydrogen-bond acceptors (Lipinski definition) is 2. The zero-order valence-corrected chi connectivity index (χ0v) is 7.49. The average Bonchev–Trinajstić information content (AvgIpc) is 2.07. The first-order valence-corrected chi connectivity index (χ1v) is 4.01. The van der Waals surface area contributed by atoms with Crippen LogP contribution in [0.15, 0.2) is 30.3 Å². The Morgan fingerprint density at radius 3 is 2.08 bits per heavy atom. The number of rotatable bonds is 1. The second kappa shape index (κ2) is 6.61. The highest BCUT2D eigenvalue weighted by atomic mass is 35.5. The molecule has 0 radical (unpaired) electrons. The Morgan fingerprint density at radius 1 is 1.42 bits per heavy atom. The molecule has 0 aliphatic heterocycles. The van der Waals surface area contributed by atoms with Crippen LogP contribution in [-0.4, -0.2) is 10.8 Å². The Labute approximate surface area is 76.1 Å². The fourth-order valence-electron chi connectivity index (χ4n) is 0.550. The van der Waals surface area contributed by atoms with Gasteiger partial charge in [-0.25, -0.2) is 0 Å². The van der Waals surface area contributed by atoms with Gasteiger partial charge < -0.3 is 0 Å². The second-order valence-electron chi connectivity index (χ2n) is 1.86. The van der Waals surface area contributed by atoms with Crippen LogP contribution < -0.4 is 0 Å². The molecule has 1 aromatic rings. The maximum atomic E-state index is 10.0. The van der Waals surface area contributed by atoms with Gasteiger partial charge in [0, 0.05) is 18.0 Å². The first-order chi connectivity index (χ1) is 5.72. The lowest BCUT2D eigenvalue weighted by Gasteiger charge is -1.85. The van der Waals surface area contributed by atoms with Gasteiger partial charge in [0.05, 0.1) is 4.92 Å². The Hall–Kier alpha value is -1.09. The van der Waals surface area contributed by atoms with Crippen molar-refractivity contribution in [3.63, 3.8) is 0 Å². The third kappa shape index (κ3) is 4.68. The molecule has 0 heterocycles. The molecule has 12 heavy (non-hydrogen) atoms. The van der Waals surface area contributed by atoms with Gasteiger partial charge in [-0.05, 0) is 0 Å². The summed E-state index contributed by atoms with van der Waals surface area (Å²) < 4.78 is 0. The van der Waals surface area contributed by atoms with Gasteiger partial charge in [-0.3, -0.25) is 10.1 Å². The van der Waals surface area contributed by atoms with Gasteiger partial charge >= 0.3 is 0 Å². The van der Waals surface area contributed by atoms with E-state index in [9.17, 15) is 10.1 Å². The number of alkyl halides is 1. The molecule has 0 amide bonds. The van der Waals surface area contributed by atoms with E-state index in [1.165, 1.54) is 12.1 Å². The van der Waals surface area contributed by atoms with Gasteiger partial charge in [0.15, 0.2) is 0 Å². The number of nitro benzene ring substituents is 1. The van der Waals surface area contributed by atoms with Crippen LogP contribution in [-0.2, 0) is 0 Å². The number of halogens is 1. The first-order valence-electron chi connectivity index (χ1n) is 3.47. The summed E-state index contributed by atoms with van der Waals surface area (Å²) in [6, 6.07) is 7.93. The van der Waals surface area contributed by atoms with Crippen molar-refractivity contribution in [2.24, 2.45) is 0 Å². The SMILES string of the molecule is CCCl.O=[N+]([O-])c1ccccc1. The third-order valence-corrected chi connectivity index (χ3v) is 0.967. The summed E-state index contributed by atoms with van der Waals surface area (Å²) in [5, 5.41) is 10.0. The molecule has 4 heteroatoms. The molecule has 0 bridgehead atoms. The normalized spacial score (nSPS) is 8.17. The molecule has 66 valence electrons. The summed E-state index contributed by atoms with van der Waals surface area (Å²) in [4.78, 5) is 9.59. The number of nitro groups is 1. The predicted molar refractivity (Wildman–Crippen MR) is 49.5 cm³/mol. The summed E-state index contributed by atoms with van der Waals surface area (Å²) in [6.07, 6.45) is 0. The molecule has 0 N–H and O–H groups in total. The zero-order valence-electron chi connectivity index (χ0n) is 6.74. The van der Waals surface area contributed by atoms with Gasteiger partial charge in [0.1, 0.15) is 0 Å². The van der Waals surface area contributed by atoms with Crippen molar-refractivity contribution in [2.75, 3.05) is 5.88 Å². The standard InChI is InChI=1S/C6H5NO2.C2H5Cl/c8-7(9)6-4-2-1-3-5-6;1-2-3/h1-5H;2H2,1H3. The lowest BCUT2D eigenvalue weighted by Crippen LogP contribution is -1.84. The fourth-order valence-corrected chi connectivity index (χ4v) is 0.550. The third-order valence-electron chi connectivity index (χ3n) is 0.967. The molecule has 0 spiro atoms. The van der Waals surface area contributed by atoms with Crippen LogP contribution >= 0.6 is 11.6 Å². The molecule has 0 saturated heterocycles. The van der Waals surface area contributed by atoms with E-state index in [0.717, 1.165) is 5.88 Å². The number of nitrogens with zero attached hydrogens (tertiary/aromatic N) is 1. The zero-order chi connectivity index (χ0) is 9.40. The number of hydrogen-bond donors (Lipinski definition) is 0. The first kappa shape index (κ1) is 10.9. The molecule has 3 nitrogen and oxygen atoms in total. The monoisotopic (exact) mass is 187 g/mol. The molecule has 1 aromatic carbocycles. The summed E-state index contributed by atoms with van der Waals surface area (Å²) in [7, 11) is 0. The van der Waals surface area contributed by atoms with E-state index >= 15 is 0 Å². The van der Waals surface area contributed by atoms with Crippen molar-refractivity contribution in [3.05, 3.63) is 40.4 Å².